The van der Waals surface area contributed by atoms with Crippen LogP contribution in [0.1, 0.15) is 39.5 Å². The van der Waals surface area contributed by atoms with E-state index in [9.17, 15) is 19.8 Å². The van der Waals surface area contributed by atoms with Crippen LogP contribution >= 0.6 is 0 Å². The van der Waals surface area contributed by atoms with E-state index in [-0.39, 0.29) is 34.7 Å². The Kier molecular flexibility index (Phi) is 3.08. The number of Topliss-reactive ketones (excluding diaryl/α,β-unsaturated/α-hetero) is 1. The molecule has 2 N–H and O–H groups in total. The Balaban J connectivity index is 1.80. The fourth-order valence-electron chi connectivity index (χ4n) is 5.93. The highest BCUT2D eigenvalue weighted by atomic mass is 16.3. The highest BCUT2D eigenvalue weighted by Crippen LogP contribution is 2.63. The third-order valence-corrected chi connectivity index (χ3v) is 7.40. The van der Waals surface area contributed by atoms with E-state index in [0.29, 0.717) is 19.3 Å². The van der Waals surface area contributed by atoms with Crippen LogP contribution in [-0.2, 0) is 9.59 Å². The first-order valence-electron chi connectivity index (χ1n) is 8.62. The van der Waals surface area contributed by atoms with Crippen molar-refractivity contribution in [3.8, 4) is 0 Å². The van der Waals surface area contributed by atoms with Crippen molar-refractivity contribution in [2.45, 2.75) is 51.7 Å². The topological polar surface area (TPSA) is 74.6 Å². The van der Waals surface area contributed by atoms with Crippen LogP contribution in [0.2, 0.25) is 0 Å². The normalized spacial score (nSPS) is 51.8. The molecule has 0 spiro atoms. The molecule has 0 radical (unpaired) electrons. The van der Waals surface area contributed by atoms with E-state index in [1.807, 2.05) is 13.0 Å². The van der Waals surface area contributed by atoms with Gasteiger partial charge in [0.05, 0.1) is 17.6 Å². The molecule has 0 aliphatic heterocycles. The molecule has 0 amide bonds. The van der Waals surface area contributed by atoms with Crippen LogP contribution in [0.3, 0.4) is 0 Å². The molecular formula is C19H24O4. The third kappa shape index (κ3) is 1.79. The van der Waals surface area contributed by atoms with Gasteiger partial charge < -0.3 is 10.2 Å². The first-order valence-corrected chi connectivity index (χ1v) is 8.62. The quantitative estimate of drug-likeness (QED) is 0.715. The number of ketones is 2. The number of fused-ring (bicyclic) bond motifs is 5. The number of aliphatic hydroxyl groups excluding tert-OH is 2. The molecule has 3 saturated carbocycles. The van der Waals surface area contributed by atoms with E-state index in [4.69, 9.17) is 0 Å². The molecule has 0 aromatic heterocycles. The average Bonchev–Trinajstić information content (AvgIpc) is 2.80. The van der Waals surface area contributed by atoms with Crippen molar-refractivity contribution >= 4 is 11.6 Å². The lowest BCUT2D eigenvalue weighted by molar-refractivity contribution is -0.159. The monoisotopic (exact) mass is 316 g/mol. The number of carbonyl (C=O) groups is 2. The second-order valence-electron chi connectivity index (χ2n) is 8.25. The summed E-state index contributed by atoms with van der Waals surface area (Å²) in [6, 6.07) is 0. The van der Waals surface area contributed by atoms with E-state index in [1.54, 1.807) is 12.2 Å². The molecule has 3 fully saturated rings. The number of hydrogen-bond donors (Lipinski definition) is 2. The predicted octanol–water partition coefficient (Wildman–Crippen LogP) is 1.81. The van der Waals surface area contributed by atoms with Crippen LogP contribution in [-0.4, -0.2) is 34.0 Å². The van der Waals surface area contributed by atoms with Gasteiger partial charge in [-0.3, -0.25) is 9.59 Å². The lowest BCUT2D eigenvalue weighted by Gasteiger charge is -2.58. The van der Waals surface area contributed by atoms with E-state index >= 15 is 0 Å². The minimum Gasteiger partial charge on any atom is -0.392 e. The molecule has 0 unspecified atom stereocenters. The standard InChI is InChI=1S/C19H24O4/c1-18-6-5-11(20)7-10(18)8-14(21)17-12-3-4-15(22)19(12,2)16(23)9-13(17)18/h5-7,12-14,16-17,21,23H,3-4,8-9H2,1-2H3/t12-,13-,14+,16-,17-,18-,19-/m0/s1. The van der Waals surface area contributed by atoms with Crippen molar-refractivity contribution < 1.29 is 19.8 Å². The van der Waals surface area contributed by atoms with Gasteiger partial charge >= 0.3 is 0 Å². The van der Waals surface area contributed by atoms with Crippen LogP contribution in [0.5, 0.6) is 0 Å². The van der Waals surface area contributed by atoms with Crippen LogP contribution in [0.15, 0.2) is 23.8 Å². The maximum Gasteiger partial charge on any atom is 0.178 e. The van der Waals surface area contributed by atoms with Gasteiger partial charge in [-0.25, -0.2) is 0 Å². The SMILES string of the molecule is C[C@@]12C(=O)CC[C@H]1[C@@H]1[C@H](O)CC3=CC(=O)C=C[C@]3(C)[C@H]1C[C@@H]2O. The molecule has 4 aliphatic rings. The largest absolute Gasteiger partial charge is 0.392 e. The minimum absolute atomic E-state index is 0.00912. The van der Waals surface area contributed by atoms with Crippen LogP contribution in [0.25, 0.3) is 0 Å². The summed E-state index contributed by atoms with van der Waals surface area (Å²) in [4.78, 5) is 24.1. The van der Waals surface area contributed by atoms with Gasteiger partial charge in [0, 0.05) is 11.8 Å². The molecule has 0 aromatic rings. The molecule has 4 nitrogen and oxygen atoms in total. The second kappa shape index (κ2) is 4.64. The first kappa shape index (κ1) is 15.3. The number of aliphatic hydroxyl groups is 2. The molecular weight excluding hydrogens is 292 g/mol. The smallest absolute Gasteiger partial charge is 0.178 e. The van der Waals surface area contributed by atoms with Gasteiger partial charge in [0.15, 0.2) is 5.78 Å². The van der Waals surface area contributed by atoms with E-state index in [1.165, 1.54) is 0 Å². The molecule has 124 valence electrons. The van der Waals surface area contributed by atoms with Gasteiger partial charge in [-0.2, -0.15) is 0 Å². The molecule has 4 heteroatoms. The lowest BCUT2D eigenvalue weighted by atomic mass is 9.47. The highest BCUT2D eigenvalue weighted by Gasteiger charge is 2.64. The zero-order valence-electron chi connectivity index (χ0n) is 13.7. The van der Waals surface area contributed by atoms with E-state index in [0.717, 1.165) is 12.0 Å². The Morgan fingerprint density at radius 2 is 1.91 bits per heavy atom. The van der Waals surface area contributed by atoms with Crippen LogP contribution in [0, 0.1) is 28.6 Å². The Morgan fingerprint density at radius 3 is 2.65 bits per heavy atom. The summed E-state index contributed by atoms with van der Waals surface area (Å²) >= 11 is 0. The number of hydrogen-bond acceptors (Lipinski definition) is 4. The summed E-state index contributed by atoms with van der Waals surface area (Å²) < 4.78 is 0. The van der Waals surface area contributed by atoms with E-state index in [2.05, 4.69) is 6.92 Å². The van der Waals surface area contributed by atoms with Crippen molar-refractivity contribution in [2.24, 2.45) is 28.6 Å². The minimum atomic E-state index is -0.714. The Hall–Kier alpha value is -1.26. The van der Waals surface area contributed by atoms with Crippen molar-refractivity contribution in [2.75, 3.05) is 0 Å². The summed E-state index contributed by atoms with van der Waals surface area (Å²) in [5.41, 5.74) is -0.0430. The molecule has 0 heterocycles. The van der Waals surface area contributed by atoms with Gasteiger partial charge in [-0.15, -0.1) is 0 Å². The van der Waals surface area contributed by atoms with Gasteiger partial charge in [-0.05, 0) is 56.1 Å². The fourth-order valence-corrected chi connectivity index (χ4v) is 5.93. The zero-order valence-corrected chi connectivity index (χ0v) is 13.7. The molecule has 4 aliphatic carbocycles. The maximum atomic E-state index is 12.4. The summed E-state index contributed by atoms with van der Waals surface area (Å²) in [7, 11) is 0. The van der Waals surface area contributed by atoms with Gasteiger partial charge in [-0.1, -0.05) is 18.6 Å². The summed E-state index contributed by atoms with van der Waals surface area (Å²) in [6.45, 7) is 3.99. The van der Waals surface area contributed by atoms with E-state index < -0.39 is 17.6 Å². The van der Waals surface area contributed by atoms with Crippen molar-refractivity contribution in [1.82, 2.24) is 0 Å². The maximum absolute atomic E-state index is 12.4. The Bertz CT molecular complexity index is 648. The molecule has 0 aromatic carbocycles. The number of allylic oxidation sites excluding steroid dienone is 3. The van der Waals surface area contributed by atoms with Crippen molar-refractivity contribution in [3.05, 3.63) is 23.8 Å². The summed E-state index contributed by atoms with van der Waals surface area (Å²) in [5, 5.41) is 21.6. The number of rotatable bonds is 0. The molecule has 4 rings (SSSR count). The van der Waals surface area contributed by atoms with Gasteiger partial charge in [0.2, 0.25) is 0 Å². The third-order valence-electron chi connectivity index (χ3n) is 7.40. The Morgan fingerprint density at radius 1 is 1.17 bits per heavy atom. The predicted molar refractivity (Wildman–Crippen MR) is 84.4 cm³/mol. The lowest BCUT2D eigenvalue weighted by Crippen LogP contribution is -2.59. The van der Waals surface area contributed by atoms with Gasteiger partial charge in [0.25, 0.3) is 0 Å². The second-order valence-corrected chi connectivity index (χ2v) is 8.25. The zero-order chi connectivity index (χ0) is 16.6. The summed E-state index contributed by atoms with van der Waals surface area (Å²) in [5.74, 6) is 0.223. The van der Waals surface area contributed by atoms with Crippen LogP contribution in [0.4, 0.5) is 0 Å². The van der Waals surface area contributed by atoms with Crippen LogP contribution < -0.4 is 0 Å². The number of carbonyl (C=O) groups excluding carboxylic acids is 2. The highest BCUT2D eigenvalue weighted by molar-refractivity contribution is 6.01. The van der Waals surface area contributed by atoms with Gasteiger partial charge in [0.1, 0.15) is 5.78 Å². The molecule has 0 saturated heterocycles. The molecule has 0 bridgehead atoms. The van der Waals surface area contributed by atoms with Crippen molar-refractivity contribution in [3.63, 3.8) is 0 Å². The molecule has 7 atom stereocenters. The van der Waals surface area contributed by atoms with Crippen molar-refractivity contribution in [1.29, 1.82) is 0 Å². The average molecular weight is 316 g/mol. The molecule has 23 heavy (non-hydrogen) atoms. The summed E-state index contributed by atoms with van der Waals surface area (Å²) in [6.07, 6.45) is 6.26. The fraction of sp³-hybridized carbons (Fsp3) is 0.684. The first-order chi connectivity index (χ1) is 10.8. The Labute approximate surface area is 136 Å².